The summed E-state index contributed by atoms with van der Waals surface area (Å²) in [6.45, 7) is 4.00. The van der Waals surface area contributed by atoms with Crippen LogP contribution in [0.4, 0.5) is 0 Å². The molecule has 0 aliphatic heterocycles. The van der Waals surface area contributed by atoms with Crippen molar-refractivity contribution in [1.29, 1.82) is 10.5 Å². The molecule has 0 fully saturated rings. The van der Waals surface area contributed by atoms with E-state index in [2.05, 4.69) is 4.98 Å². The van der Waals surface area contributed by atoms with Gasteiger partial charge in [-0.1, -0.05) is 19.9 Å². The van der Waals surface area contributed by atoms with Crippen molar-refractivity contribution in [2.45, 2.75) is 20.3 Å². The highest BCUT2D eigenvalue weighted by Crippen LogP contribution is 2.03. The van der Waals surface area contributed by atoms with Crippen LogP contribution < -0.4 is 0 Å². The lowest BCUT2D eigenvalue weighted by molar-refractivity contribution is 1.15. The molecule has 3 heteroatoms. The first-order chi connectivity index (χ1) is 6.38. The van der Waals surface area contributed by atoms with E-state index in [4.69, 9.17) is 10.5 Å². The molecule has 0 aliphatic rings. The normalized spacial score (nSPS) is 7.38. The average molecular weight is 173 g/mol. The van der Waals surface area contributed by atoms with Gasteiger partial charge in [-0.25, -0.2) is 4.98 Å². The second kappa shape index (κ2) is 6.82. The van der Waals surface area contributed by atoms with Gasteiger partial charge < -0.3 is 0 Å². The molecule has 0 N–H and O–H groups in total. The van der Waals surface area contributed by atoms with Crippen molar-refractivity contribution in [2.75, 3.05) is 0 Å². The molecule has 0 saturated carbocycles. The lowest BCUT2D eigenvalue weighted by atomic mass is 10.1. The Bertz CT molecular complexity index is 331. The van der Waals surface area contributed by atoms with Gasteiger partial charge in [0.1, 0.15) is 11.8 Å². The van der Waals surface area contributed by atoms with Gasteiger partial charge in [0.25, 0.3) is 0 Å². The fourth-order valence-corrected chi connectivity index (χ4v) is 0.767. The molecule has 0 spiro atoms. The highest BCUT2D eigenvalue weighted by Gasteiger charge is 1.99. The SMILES string of the molecule is CC.N#CCc1cccnc1C#N. The Morgan fingerprint density at radius 2 is 2.08 bits per heavy atom. The van der Waals surface area contributed by atoms with Crippen LogP contribution >= 0.6 is 0 Å². The molecule has 0 saturated heterocycles. The predicted octanol–water partition coefficient (Wildman–Crippen LogP) is 2.05. The summed E-state index contributed by atoms with van der Waals surface area (Å²) in [6.07, 6.45) is 1.79. The Morgan fingerprint density at radius 1 is 1.38 bits per heavy atom. The van der Waals surface area contributed by atoms with Crippen LogP contribution in [-0.4, -0.2) is 4.98 Å². The first-order valence-corrected chi connectivity index (χ1v) is 4.09. The fraction of sp³-hybridized carbons (Fsp3) is 0.300. The van der Waals surface area contributed by atoms with E-state index >= 15 is 0 Å². The van der Waals surface area contributed by atoms with E-state index in [9.17, 15) is 0 Å². The van der Waals surface area contributed by atoms with E-state index in [0.717, 1.165) is 0 Å². The predicted molar refractivity (Wildman–Crippen MR) is 49.6 cm³/mol. The first kappa shape index (κ1) is 11.1. The van der Waals surface area contributed by atoms with Gasteiger partial charge in [-0.15, -0.1) is 0 Å². The average Bonchev–Trinajstić information content (AvgIpc) is 2.22. The van der Waals surface area contributed by atoms with Gasteiger partial charge in [-0.3, -0.25) is 0 Å². The van der Waals surface area contributed by atoms with Crippen molar-refractivity contribution in [3.8, 4) is 12.1 Å². The minimum atomic E-state index is 0.247. The summed E-state index contributed by atoms with van der Waals surface area (Å²) in [5, 5.41) is 16.9. The van der Waals surface area contributed by atoms with E-state index in [-0.39, 0.29) is 6.42 Å². The molecular weight excluding hydrogens is 162 g/mol. The molecule has 1 aromatic heterocycles. The van der Waals surface area contributed by atoms with Crippen molar-refractivity contribution in [3.05, 3.63) is 29.6 Å². The molecule has 0 atom stereocenters. The quantitative estimate of drug-likeness (QED) is 0.652. The van der Waals surface area contributed by atoms with Crippen molar-refractivity contribution >= 4 is 0 Å². The molecule has 3 nitrogen and oxygen atoms in total. The number of pyridine rings is 1. The summed E-state index contributed by atoms with van der Waals surface area (Å²) >= 11 is 0. The molecule has 0 aliphatic carbocycles. The minimum absolute atomic E-state index is 0.247. The zero-order valence-electron chi connectivity index (χ0n) is 7.78. The Hall–Kier alpha value is -1.87. The maximum absolute atomic E-state index is 8.52. The maximum atomic E-state index is 8.52. The Morgan fingerprint density at radius 3 is 2.62 bits per heavy atom. The van der Waals surface area contributed by atoms with Crippen molar-refractivity contribution in [1.82, 2.24) is 4.98 Å². The summed E-state index contributed by atoms with van der Waals surface area (Å²) < 4.78 is 0. The second-order valence-corrected chi connectivity index (χ2v) is 1.96. The third kappa shape index (κ3) is 3.35. The number of nitrogens with zero attached hydrogens (tertiary/aromatic N) is 3. The Balaban J connectivity index is 0.000000671. The molecule has 1 aromatic rings. The molecule has 0 radical (unpaired) electrons. The Kier molecular flexibility index (Phi) is 5.84. The van der Waals surface area contributed by atoms with Crippen LogP contribution in [0.25, 0.3) is 0 Å². The monoisotopic (exact) mass is 173 g/mol. The van der Waals surface area contributed by atoms with Crippen LogP contribution in [0.1, 0.15) is 25.1 Å². The molecule has 66 valence electrons. The molecule has 1 rings (SSSR count). The van der Waals surface area contributed by atoms with Crippen molar-refractivity contribution in [3.63, 3.8) is 0 Å². The van der Waals surface area contributed by atoms with Crippen LogP contribution in [0.3, 0.4) is 0 Å². The topological polar surface area (TPSA) is 60.5 Å². The molecular formula is C10H11N3. The van der Waals surface area contributed by atoms with Crippen molar-refractivity contribution < 1.29 is 0 Å². The van der Waals surface area contributed by atoms with Crippen LogP contribution in [0.5, 0.6) is 0 Å². The third-order valence-electron chi connectivity index (χ3n) is 1.27. The number of hydrogen-bond donors (Lipinski definition) is 0. The van der Waals surface area contributed by atoms with E-state index in [0.29, 0.717) is 11.3 Å². The van der Waals surface area contributed by atoms with Crippen LogP contribution in [0.2, 0.25) is 0 Å². The molecule has 0 aromatic carbocycles. The summed E-state index contributed by atoms with van der Waals surface area (Å²) in [5.41, 5.74) is 1.03. The fourth-order valence-electron chi connectivity index (χ4n) is 0.767. The van der Waals surface area contributed by atoms with Gasteiger partial charge in [0.2, 0.25) is 0 Å². The number of hydrogen-bond acceptors (Lipinski definition) is 3. The van der Waals surface area contributed by atoms with Gasteiger partial charge in [-0.2, -0.15) is 10.5 Å². The molecule has 0 bridgehead atoms. The largest absolute Gasteiger partial charge is 0.245 e. The van der Waals surface area contributed by atoms with Crippen molar-refractivity contribution in [2.24, 2.45) is 0 Å². The van der Waals surface area contributed by atoms with E-state index in [1.807, 2.05) is 26.0 Å². The summed E-state index contributed by atoms with van der Waals surface area (Å²) in [5.74, 6) is 0. The minimum Gasteiger partial charge on any atom is -0.245 e. The Labute approximate surface area is 78.3 Å². The van der Waals surface area contributed by atoms with Gasteiger partial charge in [0.15, 0.2) is 0 Å². The maximum Gasteiger partial charge on any atom is 0.144 e. The molecule has 13 heavy (non-hydrogen) atoms. The first-order valence-electron chi connectivity index (χ1n) is 4.09. The summed E-state index contributed by atoms with van der Waals surface area (Å²) in [6, 6.07) is 7.33. The number of aromatic nitrogens is 1. The van der Waals surface area contributed by atoms with E-state index < -0.39 is 0 Å². The van der Waals surface area contributed by atoms with Gasteiger partial charge in [-0.05, 0) is 6.07 Å². The summed E-state index contributed by atoms with van der Waals surface area (Å²) in [7, 11) is 0. The zero-order valence-corrected chi connectivity index (χ0v) is 7.78. The highest BCUT2D eigenvalue weighted by molar-refractivity contribution is 5.32. The van der Waals surface area contributed by atoms with Crippen LogP contribution in [0.15, 0.2) is 18.3 Å². The van der Waals surface area contributed by atoms with E-state index in [1.165, 1.54) is 0 Å². The standard InChI is InChI=1S/C8H5N3.C2H6/c9-4-3-7-2-1-5-11-8(7)6-10;1-2/h1-2,5H,3H2;1-2H3. The number of rotatable bonds is 1. The van der Waals surface area contributed by atoms with Crippen LogP contribution in [-0.2, 0) is 6.42 Å². The summed E-state index contributed by atoms with van der Waals surface area (Å²) in [4.78, 5) is 3.80. The lowest BCUT2D eigenvalue weighted by Gasteiger charge is -1.93. The van der Waals surface area contributed by atoms with Gasteiger partial charge in [0, 0.05) is 11.8 Å². The van der Waals surface area contributed by atoms with E-state index in [1.54, 1.807) is 18.3 Å². The second-order valence-electron chi connectivity index (χ2n) is 1.96. The van der Waals surface area contributed by atoms with Gasteiger partial charge in [0.05, 0.1) is 12.5 Å². The molecule has 0 unspecified atom stereocenters. The smallest absolute Gasteiger partial charge is 0.144 e. The highest BCUT2D eigenvalue weighted by atomic mass is 14.7. The van der Waals surface area contributed by atoms with Crippen LogP contribution in [0, 0.1) is 22.7 Å². The number of nitriles is 2. The lowest BCUT2D eigenvalue weighted by Crippen LogP contribution is -1.90. The molecule has 0 amide bonds. The zero-order chi connectivity index (χ0) is 10.1. The third-order valence-corrected chi connectivity index (χ3v) is 1.27. The van der Waals surface area contributed by atoms with Gasteiger partial charge >= 0.3 is 0 Å². The molecule has 1 heterocycles.